The summed E-state index contributed by atoms with van der Waals surface area (Å²) in [5.74, 6) is 1.23. The van der Waals surface area contributed by atoms with Crippen LogP contribution in [0.2, 0.25) is 0 Å². The van der Waals surface area contributed by atoms with Crippen LogP contribution in [-0.2, 0) is 9.53 Å². The van der Waals surface area contributed by atoms with Gasteiger partial charge in [0.2, 0.25) is 5.91 Å². The van der Waals surface area contributed by atoms with Gasteiger partial charge in [0.05, 0.1) is 6.04 Å². The van der Waals surface area contributed by atoms with E-state index in [1.54, 1.807) is 0 Å². The molecule has 1 atom stereocenters. The van der Waals surface area contributed by atoms with E-state index in [1.165, 1.54) is 19.3 Å². The molecule has 1 N–H and O–H groups in total. The second-order valence-electron chi connectivity index (χ2n) is 7.05. The molecule has 0 bridgehead atoms. The highest BCUT2D eigenvalue weighted by Gasteiger charge is 2.40. The molecule has 126 valence electrons. The maximum Gasteiger partial charge on any atom is 0.240 e. The molecular formula is C17H31N3O2. The number of amides is 1. The molecule has 0 aromatic rings. The Bertz CT molecular complexity index is 363. The van der Waals surface area contributed by atoms with E-state index in [0.717, 1.165) is 64.6 Å². The summed E-state index contributed by atoms with van der Waals surface area (Å²) in [6, 6.07) is 0.590. The fraction of sp³-hybridized carbons (Fsp3) is 0.941. The van der Waals surface area contributed by atoms with Gasteiger partial charge in [-0.05, 0) is 71.1 Å². The monoisotopic (exact) mass is 309 g/mol. The van der Waals surface area contributed by atoms with E-state index in [4.69, 9.17) is 4.74 Å². The molecule has 1 amide bonds. The molecule has 3 rings (SSSR count). The highest BCUT2D eigenvalue weighted by molar-refractivity contribution is 5.84. The van der Waals surface area contributed by atoms with Gasteiger partial charge in [0.25, 0.3) is 0 Å². The lowest BCUT2D eigenvalue weighted by atomic mass is 9.92. The SMILES string of the molecule is CNCCC1CCN(C2CCN(C3CCOCC3)C2=O)CC1. The van der Waals surface area contributed by atoms with Crippen LogP contribution in [0.15, 0.2) is 0 Å². The molecular weight excluding hydrogens is 278 g/mol. The Kier molecular flexibility index (Phi) is 5.71. The van der Waals surface area contributed by atoms with Gasteiger partial charge in [-0.25, -0.2) is 0 Å². The number of ether oxygens (including phenoxy) is 1. The molecule has 0 aromatic heterocycles. The van der Waals surface area contributed by atoms with Crippen molar-refractivity contribution < 1.29 is 9.53 Å². The van der Waals surface area contributed by atoms with Crippen molar-refractivity contribution in [1.29, 1.82) is 0 Å². The Labute approximate surface area is 134 Å². The molecule has 5 nitrogen and oxygen atoms in total. The van der Waals surface area contributed by atoms with E-state index in [1.807, 2.05) is 7.05 Å². The van der Waals surface area contributed by atoms with Gasteiger partial charge in [0.1, 0.15) is 0 Å². The van der Waals surface area contributed by atoms with Crippen LogP contribution in [0, 0.1) is 5.92 Å². The van der Waals surface area contributed by atoms with E-state index in [-0.39, 0.29) is 6.04 Å². The molecule has 3 heterocycles. The number of hydrogen-bond donors (Lipinski definition) is 1. The third-order valence-corrected chi connectivity index (χ3v) is 5.74. The Hall–Kier alpha value is -0.650. The van der Waals surface area contributed by atoms with Crippen LogP contribution < -0.4 is 5.32 Å². The van der Waals surface area contributed by atoms with Crippen LogP contribution in [0.5, 0.6) is 0 Å². The molecule has 0 radical (unpaired) electrons. The number of rotatable bonds is 5. The Balaban J connectivity index is 1.48. The lowest BCUT2D eigenvalue weighted by Gasteiger charge is -2.36. The first-order valence-corrected chi connectivity index (χ1v) is 9.06. The quantitative estimate of drug-likeness (QED) is 0.826. The number of hydrogen-bond acceptors (Lipinski definition) is 4. The summed E-state index contributed by atoms with van der Waals surface area (Å²) in [6.45, 7) is 5.91. The van der Waals surface area contributed by atoms with E-state index in [0.29, 0.717) is 11.9 Å². The average molecular weight is 309 g/mol. The molecule has 3 fully saturated rings. The fourth-order valence-corrected chi connectivity index (χ4v) is 4.29. The Morgan fingerprint density at radius 3 is 2.50 bits per heavy atom. The zero-order valence-electron chi connectivity index (χ0n) is 13.9. The minimum Gasteiger partial charge on any atom is -0.381 e. The van der Waals surface area contributed by atoms with E-state index >= 15 is 0 Å². The molecule has 1 unspecified atom stereocenters. The van der Waals surface area contributed by atoms with Gasteiger partial charge in [-0.2, -0.15) is 0 Å². The summed E-state index contributed by atoms with van der Waals surface area (Å²) in [4.78, 5) is 17.4. The van der Waals surface area contributed by atoms with Gasteiger partial charge >= 0.3 is 0 Å². The zero-order chi connectivity index (χ0) is 15.4. The van der Waals surface area contributed by atoms with E-state index < -0.39 is 0 Å². The maximum absolute atomic E-state index is 12.8. The van der Waals surface area contributed by atoms with Crippen molar-refractivity contribution in [3.8, 4) is 0 Å². The molecule has 3 aliphatic rings. The summed E-state index contributed by atoms with van der Waals surface area (Å²) in [6.07, 6.45) is 6.84. The maximum atomic E-state index is 12.8. The minimum atomic E-state index is 0.160. The lowest BCUT2D eigenvalue weighted by Crippen LogP contribution is -2.48. The lowest BCUT2D eigenvalue weighted by molar-refractivity contribution is -0.136. The van der Waals surface area contributed by atoms with Gasteiger partial charge < -0.3 is 15.0 Å². The smallest absolute Gasteiger partial charge is 0.240 e. The van der Waals surface area contributed by atoms with Gasteiger partial charge in [0.15, 0.2) is 0 Å². The summed E-state index contributed by atoms with van der Waals surface area (Å²) in [5.41, 5.74) is 0. The average Bonchev–Trinajstić information content (AvgIpc) is 2.96. The van der Waals surface area contributed by atoms with Crippen molar-refractivity contribution in [3.63, 3.8) is 0 Å². The molecule has 3 saturated heterocycles. The Morgan fingerprint density at radius 2 is 1.82 bits per heavy atom. The van der Waals surface area contributed by atoms with Crippen molar-refractivity contribution in [1.82, 2.24) is 15.1 Å². The molecule has 0 aromatic carbocycles. The number of carbonyl (C=O) groups is 1. The molecule has 22 heavy (non-hydrogen) atoms. The van der Waals surface area contributed by atoms with Crippen LogP contribution in [0.3, 0.4) is 0 Å². The predicted octanol–water partition coefficient (Wildman–Crippen LogP) is 1.09. The summed E-state index contributed by atoms with van der Waals surface area (Å²) in [7, 11) is 2.03. The van der Waals surface area contributed by atoms with Crippen molar-refractivity contribution in [2.45, 2.75) is 50.6 Å². The molecule has 0 aliphatic carbocycles. The van der Waals surface area contributed by atoms with Gasteiger partial charge in [0, 0.05) is 25.8 Å². The second kappa shape index (κ2) is 7.75. The molecule has 0 spiro atoms. The largest absolute Gasteiger partial charge is 0.381 e. The summed E-state index contributed by atoms with van der Waals surface area (Å²) < 4.78 is 5.43. The first-order valence-electron chi connectivity index (χ1n) is 9.06. The van der Waals surface area contributed by atoms with Crippen LogP contribution >= 0.6 is 0 Å². The summed E-state index contributed by atoms with van der Waals surface area (Å²) in [5, 5.41) is 3.25. The first-order chi connectivity index (χ1) is 10.8. The number of nitrogens with one attached hydrogen (secondary N) is 1. The van der Waals surface area contributed by atoms with Crippen LogP contribution in [-0.4, -0.2) is 74.2 Å². The van der Waals surface area contributed by atoms with Crippen molar-refractivity contribution in [2.24, 2.45) is 5.92 Å². The first kappa shape index (κ1) is 16.2. The topological polar surface area (TPSA) is 44.8 Å². The number of likely N-dealkylation sites (tertiary alicyclic amines) is 2. The predicted molar refractivity (Wildman–Crippen MR) is 86.8 cm³/mol. The van der Waals surface area contributed by atoms with Crippen molar-refractivity contribution >= 4 is 5.91 Å². The van der Waals surface area contributed by atoms with Crippen LogP contribution in [0.25, 0.3) is 0 Å². The second-order valence-corrected chi connectivity index (χ2v) is 7.05. The number of piperidine rings is 1. The van der Waals surface area contributed by atoms with Gasteiger partial charge in [-0.1, -0.05) is 0 Å². The standard InChI is InChI=1S/C17H31N3O2/c1-18-8-2-14-3-9-19(10-4-14)16-5-11-20(17(16)21)15-6-12-22-13-7-15/h14-16,18H,2-13H2,1H3. The third kappa shape index (κ3) is 3.63. The molecule has 3 aliphatic heterocycles. The van der Waals surface area contributed by atoms with E-state index in [2.05, 4.69) is 15.1 Å². The zero-order valence-corrected chi connectivity index (χ0v) is 13.9. The highest BCUT2D eigenvalue weighted by Crippen LogP contribution is 2.28. The third-order valence-electron chi connectivity index (χ3n) is 5.74. The minimum absolute atomic E-state index is 0.160. The van der Waals surface area contributed by atoms with Crippen LogP contribution in [0.1, 0.15) is 38.5 Å². The van der Waals surface area contributed by atoms with Gasteiger partial charge in [-0.15, -0.1) is 0 Å². The van der Waals surface area contributed by atoms with Crippen molar-refractivity contribution in [3.05, 3.63) is 0 Å². The number of nitrogens with zero attached hydrogens (tertiary/aromatic N) is 2. The van der Waals surface area contributed by atoms with E-state index in [9.17, 15) is 4.79 Å². The molecule has 5 heteroatoms. The van der Waals surface area contributed by atoms with Crippen LogP contribution in [0.4, 0.5) is 0 Å². The van der Waals surface area contributed by atoms with Gasteiger partial charge in [-0.3, -0.25) is 9.69 Å². The highest BCUT2D eigenvalue weighted by atomic mass is 16.5. The summed E-state index contributed by atoms with van der Waals surface area (Å²) >= 11 is 0. The number of carbonyl (C=O) groups excluding carboxylic acids is 1. The normalized spacial score (nSPS) is 29.4. The van der Waals surface area contributed by atoms with Crippen molar-refractivity contribution in [2.75, 3.05) is 46.4 Å². The Morgan fingerprint density at radius 1 is 1.09 bits per heavy atom. The molecule has 0 saturated carbocycles. The fourth-order valence-electron chi connectivity index (χ4n) is 4.29.